The zero-order chi connectivity index (χ0) is 18.9. The maximum Gasteiger partial charge on any atom is 0.191 e. The molecule has 2 unspecified atom stereocenters. The molecule has 7 nitrogen and oxygen atoms in total. The van der Waals surface area contributed by atoms with Gasteiger partial charge in [0.05, 0.1) is 19.8 Å². The second-order valence-corrected chi connectivity index (χ2v) is 7.12. The third-order valence-corrected chi connectivity index (χ3v) is 4.64. The van der Waals surface area contributed by atoms with Gasteiger partial charge >= 0.3 is 0 Å². The highest BCUT2D eigenvalue weighted by molar-refractivity contribution is 14.0. The second-order valence-electron chi connectivity index (χ2n) is 7.12. The van der Waals surface area contributed by atoms with Crippen LogP contribution in [-0.2, 0) is 4.74 Å². The van der Waals surface area contributed by atoms with Gasteiger partial charge in [0, 0.05) is 32.7 Å². The minimum Gasteiger partial charge on any atom is -0.486 e. The summed E-state index contributed by atoms with van der Waals surface area (Å²) in [5.74, 6) is 2.94. The summed E-state index contributed by atoms with van der Waals surface area (Å²) in [5, 5.41) is 6.69. The molecule has 0 aliphatic carbocycles. The molecule has 158 valence electrons. The van der Waals surface area contributed by atoms with Crippen molar-refractivity contribution in [2.45, 2.75) is 20.0 Å². The first-order chi connectivity index (χ1) is 13.2. The number of aliphatic imine (C=N–C) groups is 1. The molecule has 3 rings (SSSR count). The predicted octanol–water partition coefficient (Wildman–Crippen LogP) is 1.97. The lowest BCUT2D eigenvalue weighted by atomic mass is 10.1. The van der Waals surface area contributed by atoms with Crippen molar-refractivity contribution in [3.63, 3.8) is 0 Å². The molecule has 0 spiro atoms. The summed E-state index contributed by atoms with van der Waals surface area (Å²) in [7, 11) is 0. The van der Waals surface area contributed by atoms with Gasteiger partial charge in [0.2, 0.25) is 0 Å². The third kappa shape index (κ3) is 7.29. The van der Waals surface area contributed by atoms with E-state index in [4.69, 9.17) is 19.2 Å². The van der Waals surface area contributed by atoms with Crippen LogP contribution < -0.4 is 20.1 Å². The number of nitrogens with zero attached hydrogens (tertiary/aromatic N) is 2. The molecule has 0 aromatic heterocycles. The molecule has 1 aromatic carbocycles. The van der Waals surface area contributed by atoms with Gasteiger partial charge in [-0.2, -0.15) is 0 Å². The molecule has 1 aromatic rings. The molecule has 8 heteroatoms. The van der Waals surface area contributed by atoms with Gasteiger partial charge < -0.3 is 24.8 Å². The van der Waals surface area contributed by atoms with E-state index in [1.807, 2.05) is 24.3 Å². The van der Waals surface area contributed by atoms with Gasteiger partial charge in [0.15, 0.2) is 17.5 Å². The Bertz CT molecular complexity index is 611. The summed E-state index contributed by atoms with van der Waals surface area (Å²) >= 11 is 0. The summed E-state index contributed by atoms with van der Waals surface area (Å²) in [4.78, 5) is 7.20. The van der Waals surface area contributed by atoms with Crippen LogP contribution in [-0.4, -0.2) is 76.1 Å². The number of ether oxygens (including phenoxy) is 3. The molecule has 2 heterocycles. The number of morpholine rings is 1. The molecule has 0 bridgehead atoms. The fourth-order valence-corrected chi connectivity index (χ4v) is 3.25. The van der Waals surface area contributed by atoms with E-state index >= 15 is 0 Å². The summed E-state index contributed by atoms with van der Waals surface area (Å²) in [6.07, 6.45) is -0.0328. The fraction of sp³-hybridized carbons (Fsp3) is 0.650. The zero-order valence-corrected chi connectivity index (χ0v) is 19.2. The van der Waals surface area contributed by atoms with E-state index in [0.717, 1.165) is 63.4 Å². The van der Waals surface area contributed by atoms with Crippen LogP contribution in [0.3, 0.4) is 0 Å². The Hall–Kier alpha value is -1.26. The molecule has 1 saturated heterocycles. The Kier molecular flexibility index (Phi) is 10.1. The van der Waals surface area contributed by atoms with E-state index in [1.54, 1.807) is 0 Å². The average Bonchev–Trinajstić information content (AvgIpc) is 2.70. The highest BCUT2D eigenvalue weighted by Crippen LogP contribution is 2.30. The summed E-state index contributed by atoms with van der Waals surface area (Å²) < 4.78 is 17.2. The van der Waals surface area contributed by atoms with E-state index < -0.39 is 0 Å². The number of guanidine groups is 1. The second kappa shape index (κ2) is 12.3. The first-order valence-electron chi connectivity index (χ1n) is 9.95. The minimum absolute atomic E-state index is 0. The number of benzene rings is 1. The van der Waals surface area contributed by atoms with E-state index in [2.05, 4.69) is 29.4 Å². The Morgan fingerprint density at radius 3 is 2.71 bits per heavy atom. The van der Waals surface area contributed by atoms with Crippen LogP contribution in [0.2, 0.25) is 0 Å². The number of nitrogens with one attached hydrogen (secondary N) is 2. The zero-order valence-electron chi connectivity index (χ0n) is 16.9. The van der Waals surface area contributed by atoms with Gasteiger partial charge in [0.25, 0.3) is 0 Å². The van der Waals surface area contributed by atoms with Crippen molar-refractivity contribution in [3.05, 3.63) is 24.3 Å². The maximum atomic E-state index is 6.00. The Morgan fingerprint density at radius 2 is 1.96 bits per heavy atom. The van der Waals surface area contributed by atoms with Gasteiger partial charge in [-0.05, 0) is 25.0 Å². The van der Waals surface area contributed by atoms with E-state index in [9.17, 15) is 0 Å². The molecule has 2 aliphatic rings. The number of halogens is 1. The lowest BCUT2D eigenvalue weighted by Gasteiger charge is -2.29. The number of rotatable bonds is 7. The highest BCUT2D eigenvalue weighted by atomic mass is 127. The molecule has 2 atom stereocenters. The van der Waals surface area contributed by atoms with Gasteiger partial charge in [-0.25, -0.2) is 0 Å². The maximum absolute atomic E-state index is 6.00. The van der Waals surface area contributed by atoms with E-state index in [-0.39, 0.29) is 30.1 Å². The molecule has 28 heavy (non-hydrogen) atoms. The summed E-state index contributed by atoms with van der Waals surface area (Å²) in [6, 6.07) is 7.78. The van der Waals surface area contributed by atoms with Gasteiger partial charge in [-0.1, -0.05) is 19.1 Å². The first kappa shape index (κ1) is 23.0. The Balaban J connectivity index is 0.00000280. The number of fused-ring (bicyclic) bond motifs is 1. The first-order valence-corrected chi connectivity index (χ1v) is 9.95. The van der Waals surface area contributed by atoms with E-state index in [0.29, 0.717) is 19.1 Å². The topological polar surface area (TPSA) is 67.4 Å². The lowest BCUT2D eigenvalue weighted by molar-refractivity contribution is 0.0323. The number of hydrogen-bond donors (Lipinski definition) is 2. The Labute approximate surface area is 185 Å². The van der Waals surface area contributed by atoms with Gasteiger partial charge in [0.1, 0.15) is 12.7 Å². The minimum atomic E-state index is -0.0328. The van der Waals surface area contributed by atoms with Gasteiger partial charge in [-0.3, -0.25) is 9.89 Å². The fourth-order valence-electron chi connectivity index (χ4n) is 3.25. The average molecular weight is 504 g/mol. The number of para-hydroxylation sites is 2. The van der Waals surface area contributed by atoms with Crippen molar-refractivity contribution >= 4 is 29.9 Å². The van der Waals surface area contributed by atoms with Crippen LogP contribution in [0.5, 0.6) is 11.5 Å². The van der Waals surface area contributed by atoms with Crippen molar-refractivity contribution in [2.75, 3.05) is 59.1 Å². The quantitative estimate of drug-likeness (QED) is 0.337. The van der Waals surface area contributed by atoms with Crippen molar-refractivity contribution in [3.8, 4) is 11.5 Å². The number of hydrogen-bond acceptors (Lipinski definition) is 5. The molecule has 0 saturated carbocycles. The normalized spacial score (nSPS) is 20.8. The lowest BCUT2D eigenvalue weighted by Crippen LogP contribution is -2.45. The SMILES string of the molecule is CCNC(=NCC(C)CN1CCOCC1)NCC1COc2ccccc2O1.I. The van der Waals surface area contributed by atoms with Crippen LogP contribution in [0.15, 0.2) is 29.3 Å². The highest BCUT2D eigenvalue weighted by Gasteiger charge is 2.20. The van der Waals surface area contributed by atoms with Crippen LogP contribution >= 0.6 is 24.0 Å². The van der Waals surface area contributed by atoms with Crippen LogP contribution in [0.25, 0.3) is 0 Å². The monoisotopic (exact) mass is 504 g/mol. The molecule has 0 radical (unpaired) electrons. The third-order valence-electron chi connectivity index (χ3n) is 4.64. The smallest absolute Gasteiger partial charge is 0.191 e. The summed E-state index contributed by atoms with van der Waals surface area (Å²) in [5.41, 5.74) is 0. The standard InChI is InChI=1S/C20H32N4O3.HI/c1-3-21-20(22-12-16(2)14-24-8-10-25-11-9-24)23-13-17-15-26-18-6-4-5-7-19(18)27-17;/h4-7,16-17H,3,8-15H2,1-2H3,(H2,21,22,23);1H. The molecular formula is C20H33IN4O3. The molecule has 2 N–H and O–H groups in total. The van der Waals surface area contributed by atoms with Crippen LogP contribution in [0.1, 0.15) is 13.8 Å². The van der Waals surface area contributed by atoms with E-state index in [1.165, 1.54) is 0 Å². The van der Waals surface area contributed by atoms with Crippen molar-refractivity contribution in [1.82, 2.24) is 15.5 Å². The van der Waals surface area contributed by atoms with Crippen molar-refractivity contribution in [1.29, 1.82) is 0 Å². The Morgan fingerprint density at radius 1 is 1.21 bits per heavy atom. The molecule has 0 amide bonds. The molecular weight excluding hydrogens is 471 g/mol. The van der Waals surface area contributed by atoms with Gasteiger partial charge in [-0.15, -0.1) is 24.0 Å². The van der Waals surface area contributed by atoms with Crippen molar-refractivity contribution in [2.24, 2.45) is 10.9 Å². The largest absolute Gasteiger partial charge is 0.486 e. The molecule has 2 aliphatic heterocycles. The predicted molar refractivity (Wildman–Crippen MR) is 122 cm³/mol. The summed E-state index contributed by atoms with van der Waals surface area (Å²) in [6.45, 7) is 11.9. The van der Waals surface area contributed by atoms with Crippen molar-refractivity contribution < 1.29 is 14.2 Å². The van der Waals surface area contributed by atoms with Crippen LogP contribution in [0.4, 0.5) is 0 Å². The molecule has 1 fully saturated rings. The van der Waals surface area contributed by atoms with Crippen LogP contribution in [0, 0.1) is 5.92 Å².